The van der Waals surface area contributed by atoms with Crippen molar-refractivity contribution in [3.05, 3.63) is 71.8 Å². The smallest absolute Gasteiger partial charge is 0.408 e. The summed E-state index contributed by atoms with van der Waals surface area (Å²) in [7, 11) is 1.54. The molecule has 0 saturated carbocycles. The van der Waals surface area contributed by atoms with Crippen LogP contribution < -0.4 is 10.6 Å². The van der Waals surface area contributed by atoms with Gasteiger partial charge in [-0.15, -0.1) is 0 Å². The van der Waals surface area contributed by atoms with Crippen LogP contribution in [0, 0.1) is 0 Å². The van der Waals surface area contributed by atoms with Crippen molar-refractivity contribution in [2.24, 2.45) is 0 Å². The van der Waals surface area contributed by atoms with Gasteiger partial charge in [-0.2, -0.15) is 0 Å². The van der Waals surface area contributed by atoms with E-state index in [0.29, 0.717) is 13.2 Å². The third kappa shape index (κ3) is 9.77. The van der Waals surface area contributed by atoms with Crippen molar-refractivity contribution in [1.82, 2.24) is 10.6 Å². The van der Waals surface area contributed by atoms with Gasteiger partial charge in [0.2, 0.25) is 5.91 Å². The summed E-state index contributed by atoms with van der Waals surface area (Å²) in [5.41, 5.74) is 1.64. The minimum absolute atomic E-state index is 0.0355. The summed E-state index contributed by atoms with van der Waals surface area (Å²) in [5.74, 6) is -0.887. The lowest BCUT2D eigenvalue weighted by molar-refractivity contribution is -0.147. The molecule has 8 nitrogen and oxygen atoms in total. The summed E-state index contributed by atoms with van der Waals surface area (Å²) >= 11 is 0. The van der Waals surface area contributed by atoms with Gasteiger partial charge in [-0.05, 0) is 17.5 Å². The lowest BCUT2D eigenvalue weighted by Crippen LogP contribution is -2.43. The van der Waals surface area contributed by atoms with Gasteiger partial charge in [0.15, 0.2) is 0 Å². The van der Waals surface area contributed by atoms with Crippen molar-refractivity contribution < 1.29 is 28.6 Å². The molecule has 0 aliphatic rings. The lowest BCUT2D eigenvalue weighted by Gasteiger charge is -2.17. The van der Waals surface area contributed by atoms with Crippen LogP contribution in [0.2, 0.25) is 0 Å². The molecule has 166 valence electrons. The van der Waals surface area contributed by atoms with Crippen LogP contribution in [0.1, 0.15) is 24.0 Å². The highest BCUT2D eigenvalue weighted by molar-refractivity contribution is 5.82. The van der Waals surface area contributed by atoms with Gasteiger partial charge in [0, 0.05) is 20.1 Å². The van der Waals surface area contributed by atoms with Crippen LogP contribution in [0.3, 0.4) is 0 Å². The molecule has 0 spiro atoms. The van der Waals surface area contributed by atoms with E-state index in [4.69, 9.17) is 14.2 Å². The van der Waals surface area contributed by atoms with E-state index < -0.39 is 18.1 Å². The van der Waals surface area contributed by atoms with Crippen LogP contribution in [0.5, 0.6) is 0 Å². The average molecular weight is 428 g/mol. The first-order chi connectivity index (χ1) is 15.1. The van der Waals surface area contributed by atoms with Crippen LogP contribution >= 0.6 is 0 Å². The van der Waals surface area contributed by atoms with E-state index in [2.05, 4.69) is 10.6 Å². The molecular weight excluding hydrogens is 400 g/mol. The Hall–Kier alpha value is -3.39. The van der Waals surface area contributed by atoms with Gasteiger partial charge in [-0.3, -0.25) is 4.79 Å². The molecule has 0 heterocycles. The van der Waals surface area contributed by atoms with E-state index in [9.17, 15) is 14.4 Å². The Balaban J connectivity index is 1.89. The number of hydrogen-bond donors (Lipinski definition) is 2. The summed E-state index contributed by atoms with van der Waals surface area (Å²) in [4.78, 5) is 36.7. The number of rotatable bonds is 12. The Morgan fingerprint density at radius 3 is 2.03 bits per heavy atom. The Bertz CT molecular complexity index is 813. The van der Waals surface area contributed by atoms with Crippen LogP contribution in [0.4, 0.5) is 4.79 Å². The third-order valence-corrected chi connectivity index (χ3v) is 4.30. The molecule has 0 aromatic heterocycles. The van der Waals surface area contributed by atoms with Gasteiger partial charge in [-0.1, -0.05) is 60.7 Å². The number of alkyl carbamates (subject to hydrolysis) is 1. The lowest BCUT2D eigenvalue weighted by atomic mass is 10.1. The van der Waals surface area contributed by atoms with E-state index >= 15 is 0 Å². The van der Waals surface area contributed by atoms with Crippen LogP contribution in [0.25, 0.3) is 0 Å². The van der Waals surface area contributed by atoms with Crippen LogP contribution in [0.15, 0.2) is 60.7 Å². The van der Waals surface area contributed by atoms with Gasteiger partial charge >= 0.3 is 12.1 Å². The van der Waals surface area contributed by atoms with Gasteiger partial charge in [0.1, 0.15) is 19.3 Å². The fourth-order valence-electron chi connectivity index (χ4n) is 2.64. The summed E-state index contributed by atoms with van der Waals surface area (Å²) in [6, 6.07) is 17.4. The van der Waals surface area contributed by atoms with Crippen molar-refractivity contribution in [2.75, 3.05) is 20.3 Å². The molecule has 0 aliphatic heterocycles. The van der Waals surface area contributed by atoms with E-state index in [1.807, 2.05) is 60.7 Å². The maximum Gasteiger partial charge on any atom is 0.408 e. The molecule has 8 heteroatoms. The number of carbonyl (C=O) groups is 3. The third-order valence-electron chi connectivity index (χ3n) is 4.30. The minimum atomic E-state index is -1.01. The predicted molar refractivity (Wildman–Crippen MR) is 114 cm³/mol. The molecule has 0 unspecified atom stereocenters. The van der Waals surface area contributed by atoms with Crippen LogP contribution in [-0.2, 0) is 37.0 Å². The Kier molecular flexibility index (Phi) is 10.6. The molecule has 2 amide bonds. The number of benzene rings is 2. The number of ether oxygens (including phenoxy) is 3. The molecule has 2 aromatic carbocycles. The molecule has 2 aromatic rings. The quantitative estimate of drug-likeness (QED) is 0.398. The second kappa shape index (κ2) is 13.8. The fourth-order valence-corrected chi connectivity index (χ4v) is 2.64. The zero-order chi connectivity index (χ0) is 22.3. The van der Waals surface area contributed by atoms with Crippen LogP contribution in [-0.4, -0.2) is 44.3 Å². The largest absolute Gasteiger partial charge is 0.459 e. The molecule has 0 fully saturated rings. The summed E-state index contributed by atoms with van der Waals surface area (Å²) < 4.78 is 15.4. The first-order valence-corrected chi connectivity index (χ1v) is 10.0. The first kappa shape index (κ1) is 23.9. The number of esters is 1. The van der Waals surface area contributed by atoms with Gasteiger partial charge < -0.3 is 24.8 Å². The number of methoxy groups -OCH3 is 1. The molecule has 31 heavy (non-hydrogen) atoms. The van der Waals surface area contributed by atoms with E-state index in [0.717, 1.165) is 11.1 Å². The molecular formula is C23H28N2O6. The Morgan fingerprint density at radius 2 is 1.45 bits per heavy atom. The number of nitrogens with one attached hydrogen (secondary N) is 2. The normalized spacial score (nSPS) is 11.3. The highest BCUT2D eigenvalue weighted by Crippen LogP contribution is 2.07. The van der Waals surface area contributed by atoms with Crippen molar-refractivity contribution in [1.29, 1.82) is 0 Å². The first-order valence-electron chi connectivity index (χ1n) is 10.0. The van der Waals surface area contributed by atoms with Gasteiger partial charge in [-0.25, -0.2) is 9.59 Å². The fraction of sp³-hybridized carbons (Fsp3) is 0.348. The summed E-state index contributed by atoms with van der Waals surface area (Å²) in [5, 5.41) is 5.18. The Labute approximate surface area is 181 Å². The Morgan fingerprint density at radius 1 is 0.871 bits per heavy atom. The molecule has 0 aliphatic carbocycles. The maximum atomic E-state index is 12.6. The van der Waals surface area contributed by atoms with E-state index in [-0.39, 0.29) is 32.0 Å². The van der Waals surface area contributed by atoms with Crippen molar-refractivity contribution >= 4 is 18.0 Å². The number of amides is 2. The topological polar surface area (TPSA) is 103 Å². The summed E-state index contributed by atoms with van der Waals surface area (Å²) in [6.07, 6.45) is -0.647. The second-order valence-electron chi connectivity index (χ2n) is 6.73. The molecule has 2 N–H and O–H groups in total. The number of hydrogen-bond acceptors (Lipinski definition) is 6. The molecule has 1 atom stereocenters. The molecule has 0 radical (unpaired) electrons. The molecule has 0 bridgehead atoms. The van der Waals surface area contributed by atoms with Gasteiger partial charge in [0.25, 0.3) is 0 Å². The second-order valence-corrected chi connectivity index (χ2v) is 6.73. The van der Waals surface area contributed by atoms with E-state index in [1.165, 1.54) is 7.11 Å². The maximum absolute atomic E-state index is 12.6. The van der Waals surface area contributed by atoms with Crippen molar-refractivity contribution in [3.63, 3.8) is 0 Å². The van der Waals surface area contributed by atoms with Gasteiger partial charge in [0.05, 0.1) is 6.61 Å². The zero-order valence-electron chi connectivity index (χ0n) is 17.5. The minimum Gasteiger partial charge on any atom is -0.459 e. The predicted octanol–water partition coefficient (Wildman–Crippen LogP) is 2.57. The standard InChI is InChI=1S/C23H28N2O6/c1-29-15-14-24-21(26)13-12-20(22(27)30-16-18-8-4-2-5-9-18)25-23(28)31-17-19-10-6-3-7-11-19/h2-11,20H,12-17H2,1H3,(H,24,26)(H,25,28)/t20-/m0/s1. The highest BCUT2D eigenvalue weighted by Gasteiger charge is 2.24. The zero-order valence-corrected chi connectivity index (χ0v) is 17.5. The number of carbonyl (C=O) groups excluding carboxylic acids is 3. The monoisotopic (exact) mass is 428 g/mol. The van der Waals surface area contributed by atoms with E-state index in [1.54, 1.807) is 0 Å². The van der Waals surface area contributed by atoms with Crippen molar-refractivity contribution in [3.8, 4) is 0 Å². The highest BCUT2D eigenvalue weighted by atomic mass is 16.6. The molecule has 2 rings (SSSR count). The molecule has 0 saturated heterocycles. The average Bonchev–Trinajstić information content (AvgIpc) is 2.80. The summed E-state index contributed by atoms with van der Waals surface area (Å²) in [6.45, 7) is 0.885. The van der Waals surface area contributed by atoms with Crippen molar-refractivity contribution in [2.45, 2.75) is 32.1 Å². The SMILES string of the molecule is COCCNC(=O)CC[C@H](NC(=O)OCc1ccccc1)C(=O)OCc1ccccc1.